The lowest BCUT2D eigenvalue weighted by Crippen LogP contribution is -2.29. The van der Waals surface area contributed by atoms with Crippen molar-refractivity contribution in [3.8, 4) is 0 Å². The van der Waals surface area contributed by atoms with E-state index >= 15 is 0 Å². The Balaban J connectivity index is 3.26. The lowest BCUT2D eigenvalue weighted by Gasteiger charge is -2.03. The van der Waals surface area contributed by atoms with Crippen molar-refractivity contribution >= 4 is 5.97 Å². The Bertz CT molecular complexity index is 190. The Kier molecular flexibility index (Phi) is 9.18. The molecule has 0 radical (unpaired) electrons. The predicted octanol–water partition coefficient (Wildman–Crippen LogP) is 2.71. The molecule has 0 amide bonds. The van der Waals surface area contributed by atoms with Crippen LogP contribution >= 0.6 is 0 Å². The second kappa shape index (κ2) is 9.71. The van der Waals surface area contributed by atoms with Crippen molar-refractivity contribution in [1.82, 2.24) is 0 Å². The standard InChI is InChI=1S/C12H23NO2/c1-2-3-4-5-6-7-8-9-10-11(13)12(14)15/h6-7,11H,2-5,8-10,13H2,1H3,(H,14,15)/b7-6+/t11-/m1/s1. The molecule has 3 N–H and O–H groups in total. The Morgan fingerprint density at radius 1 is 1.27 bits per heavy atom. The van der Waals surface area contributed by atoms with E-state index in [9.17, 15) is 4.79 Å². The van der Waals surface area contributed by atoms with Gasteiger partial charge in [-0.15, -0.1) is 0 Å². The zero-order chi connectivity index (χ0) is 11.5. The summed E-state index contributed by atoms with van der Waals surface area (Å²) in [7, 11) is 0. The molecule has 0 saturated heterocycles. The van der Waals surface area contributed by atoms with E-state index < -0.39 is 12.0 Å². The van der Waals surface area contributed by atoms with Gasteiger partial charge >= 0.3 is 5.97 Å². The molecule has 88 valence electrons. The number of unbranched alkanes of at least 4 members (excludes halogenated alkanes) is 4. The van der Waals surface area contributed by atoms with Crippen LogP contribution in [0.2, 0.25) is 0 Å². The molecular weight excluding hydrogens is 190 g/mol. The van der Waals surface area contributed by atoms with E-state index in [0.29, 0.717) is 6.42 Å². The lowest BCUT2D eigenvalue weighted by atomic mass is 10.1. The average molecular weight is 213 g/mol. The Morgan fingerprint density at radius 2 is 1.87 bits per heavy atom. The van der Waals surface area contributed by atoms with Crippen LogP contribution < -0.4 is 5.73 Å². The van der Waals surface area contributed by atoms with Crippen LogP contribution in [0, 0.1) is 0 Å². The van der Waals surface area contributed by atoms with Crippen LogP contribution in [0.4, 0.5) is 0 Å². The minimum atomic E-state index is -0.901. The molecule has 0 aromatic rings. The van der Waals surface area contributed by atoms with Crippen molar-refractivity contribution in [2.45, 2.75) is 57.9 Å². The summed E-state index contributed by atoms with van der Waals surface area (Å²) in [5.41, 5.74) is 5.37. The van der Waals surface area contributed by atoms with E-state index in [2.05, 4.69) is 19.1 Å². The smallest absolute Gasteiger partial charge is 0.320 e. The summed E-state index contributed by atoms with van der Waals surface area (Å²) in [6, 6.07) is -0.696. The third kappa shape index (κ3) is 9.47. The molecule has 0 saturated carbocycles. The number of carboxylic acids is 1. The molecule has 0 unspecified atom stereocenters. The predicted molar refractivity (Wildman–Crippen MR) is 62.7 cm³/mol. The van der Waals surface area contributed by atoms with E-state index in [1.165, 1.54) is 19.3 Å². The monoisotopic (exact) mass is 213 g/mol. The normalized spacial score (nSPS) is 13.2. The molecule has 0 aliphatic heterocycles. The number of carboxylic acid groups (broad SMARTS) is 1. The van der Waals surface area contributed by atoms with Gasteiger partial charge in [0.15, 0.2) is 0 Å². The van der Waals surface area contributed by atoms with Gasteiger partial charge in [0, 0.05) is 0 Å². The highest BCUT2D eigenvalue weighted by Crippen LogP contribution is 2.03. The molecule has 0 aromatic heterocycles. The molecule has 0 fully saturated rings. The average Bonchev–Trinajstić information content (AvgIpc) is 2.21. The van der Waals surface area contributed by atoms with E-state index in [1.54, 1.807) is 0 Å². The van der Waals surface area contributed by atoms with Crippen LogP contribution in [0.5, 0.6) is 0 Å². The zero-order valence-corrected chi connectivity index (χ0v) is 9.61. The first-order valence-corrected chi connectivity index (χ1v) is 5.81. The number of hydrogen-bond donors (Lipinski definition) is 2. The van der Waals surface area contributed by atoms with Crippen LogP contribution in [0.25, 0.3) is 0 Å². The lowest BCUT2D eigenvalue weighted by molar-refractivity contribution is -0.138. The van der Waals surface area contributed by atoms with Gasteiger partial charge in [0.25, 0.3) is 0 Å². The topological polar surface area (TPSA) is 63.3 Å². The van der Waals surface area contributed by atoms with Crippen molar-refractivity contribution in [2.24, 2.45) is 5.73 Å². The van der Waals surface area contributed by atoms with Crippen molar-refractivity contribution in [3.05, 3.63) is 12.2 Å². The maximum Gasteiger partial charge on any atom is 0.320 e. The molecule has 0 rings (SSSR count). The number of hydrogen-bond acceptors (Lipinski definition) is 2. The molecule has 3 heteroatoms. The van der Waals surface area contributed by atoms with Crippen LogP contribution in [0.3, 0.4) is 0 Å². The molecule has 3 nitrogen and oxygen atoms in total. The Morgan fingerprint density at radius 3 is 2.40 bits per heavy atom. The van der Waals surface area contributed by atoms with Crippen LogP contribution in [-0.2, 0) is 4.79 Å². The highest BCUT2D eigenvalue weighted by atomic mass is 16.4. The first kappa shape index (κ1) is 14.2. The van der Waals surface area contributed by atoms with Gasteiger partial charge in [-0.25, -0.2) is 0 Å². The summed E-state index contributed by atoms with van der Waals surface area (Å²) in [6.07, 6.45) is 11.6. The van der Waals surface area contributed by atoms with E-state index in [1.807, 2.05) is 0 Å². The molecule has 0 aliphatic carbocycles. The summed E-state index contributed by atoms with van der Waals surface area (Å²) in [5, 5.41) is 8.54. The van der Waals surface area contributed by atoms with Gasteiger partial charge in [-0.2, -0.15) is 0 Å². The summed E-state index contributed by atoms with van der Waals surface area (Å²) in [5.74, 6) is -0.901. The third-order valence-corrected chi connectivity index (χ3v) is 2.34. The molecular formula is C12H23NO2. The minimum absolute atomic E-state index is 0.564. The van der Waals surface area contributed by atoms with Crippen molar-refractivity contribution in [1.29, 1.82) is 0 Å². The fraction of sp³-hybridized carbons (Fsp3) is 0.750. The first-order chi connectivity index (χ1) is 7.18. The fourth-order valence-corrected chi connectivity index (χ4v) is 1.33. The fourth-order valence-electron chi connectivity index (χ4n) is 1.33. The maximum atomic E-state index is 10.4. The summed E-state index contributed by atoms with van der Waals surface area (Å²) in [6.45, 7) is 2.19. The second-order valence-corrected chi connectivity index (χ2v) is 3.84. The van der Waals surface area contributed by atoms with Gasteiger partial charge in [-0.1, -0.05) is 31.9 Å². The quantitative estimate of drug-likeness (QED) is 0.457. The number of aliphatic carboxylic acids is 1. The van der Waals surface area contributed by atoms with Crippen molar-refractivity contribution < 1.29 is 9.90 Å². The molecule has 0 heterocycles. The van der Waals surface area contributed by atoms with Gasteiger partial charge < -0.3 is 10.8 Å². The first-order valence-electron chi connectivity index (χ1n) is 5.81. The molecule has 15 heavy (non-hydrogen) atoms. The number of rotatable bonds is 9. The van der Waals surface area contributed by atoms with Gasteiger partial charge in [0.05, 0.1) is 0 Å². The maximum absolute atomic E-state index is 10.4. The second-order valence-electron chi connectivity index (χ2n) is 3.84. The molecule has 0 spiro atoms. The van der Waals surface area contributed by atoms with E-state index in [4.69, 9.17) is 10.8 Å². The van der Waals surface area contributed by atoms with Crippen molar-refractivity contribution in [3.63, 3.8) is 0 Å². The highest BCUT2D eigenvalue weighted by molar-refractivity contribution is 5.72. The zero-order valence-electron chi connectivity index (χ0n) is 9.61. The van der Waals surface area contributed by atoms with Crippen LogP contribution in [0.1, 0.15) is 51.9 Å². The molecule has 1 atom stereocenters. The Hall–Kier alpha value is -0.830. The van der Waals surface area contributed by atoms with Crippen LogP contribution in [-0.4, -0.2) is 17.1 Å². The van der Waals surface area contributed by atoms with E-state index in [-0.39, 0.29) is 0 Å². The van der Waals surface area contributed by atoms with Gasteiger partial charge in [0.2, 0.25) is 0 Å². The number of nitrogens with two attached hydrogens (primary N) is 1. The Labute approximate surface area is 92.4 Å². The van der Waals surface area contributed by atoms with Gasteiger partial charge in [-0.3, -0.25) is 4.79 Å². The highest BCUT2D eigenvalue weighted by Gasteiger charge is 2.09. The largest absolute Gasteiger partial charge is 0.480 e. The van der Waals surface area contributed by atoms with Crippen molar-refractivity contribution in [2.75, 3.05) is 0 Å². The number of allylic oxidation sites excluding steroid dienone is 2. The number of carbonyl (C=O) groups is 1. The van der Waals surface area contributed by atoms with E-state index in [0.717, 1.165) is 19.3 Å². The van der Waals surface area contributed by atoms with Gasteiger partial charge in [0.1, 0.15) is 6.04 Å². The minimum Gasteiger partial charge on any atom is -0.480 e. The summed E-state index contributed by atoms with van der Waals surface area (Å²) < 4.78 is 0. The summed E-state index contributed by atoms with van der Waals surface area (Å²) in [4.78, 5) is 10.4. The third-order valence-electron chi connectivity index (χ3n) is 2.34. The molecule has 0 aliphatic rings. The van der Waals surface area contributed by atoms with Crippen LogP contribution in [0.15, 0.2) is 12.2 Å². The SMILES string of the molecule is CCCCC/C=C/CCC[C@@H](N)C(=O)O. The molecule has 0 aromatic carbocycles. The van der Waals surface area contributed by atoms with Gasteiger partial charge in [-0.05, 0) is 32.1 Å². The summed E-state index contributed by atoms with van der Waals surface area (Å²) >= 11 is 0. The molecule has 0 bridgehead atoms.